The van der Waals surface area contributed by atoms with Crippen LogP contribution in [0.1, 0.15) is 15.9 Å². The molecule has 1 heterocycles. The van der Waals surface area contributed by atoms with Crippen LogP contribution in [0.2, 0.25) is 0 Å². The fourth-order valence-corrected chi connectivity index (χ4v) is 1.97. The van der Waals surface area contributed by atoms with Gasteiger partial charge in [-0.25, -0.2) is 0 Å². The minimum Gasteiger partial charge on any atom is -0.497 e. The highest BCUT2D eigenvalue weighted by Gasteiger charge is 2.05. The molecule has 0 aliphatic rings. The highest BCUT2D eigenvalue weighted by molar-refractivity contribution is 5.93. The Morgan fingerprint density at radius 1 is 1.09 bits per heavy atom. The molecule has 0 saturated heterocycles. The molecule has 6 nitrogen and oxygen atoms in total. The number of benzene rings is 1. The van der Waals surface area contributed by atoms with E-state index < -0.39 is 0 Å². The van der Waals surface area contributed by atoms with E-state index in [9.17, 15) is 9.59 Å². The van der Waals surface area contributed by atoms with Crippen molar-refractivity contribution in [2.75, 3.05) is 20.2 Å². The fourth-order valence-electron chi connectivity index (χ4n) is 1.97. The first-order valence-corrected chi connectivity index (χ1v) is 7.27. The average molecular weight is 313 g/mol. The van der Waals surface area contributed by atoms with Gasteiger partial charge in [0.25, 0.3) is 5.91 Å². The molecule has 0 unspecified atom stereocenters. The first-order valence-electron chi connectivity index (χ1n) is 7.27. The van der Waals surface area contributed by atoms with E-state index in [4.69, 9.17) is 4.74 Å². The van der Waals surface area contributed by atoms with E-state index in [2.05, 4.69) is 15.6 Å². The van der Waals surface area contributed by atoms with Gasteiger partial charge in [0.2, 0.25) is 5.91 Å². The number of pyridine rings is 1. The summed E-state index contributed by atoms with van der Waals surface area (Å²) in [7, 11) is 1.60. The SMILES string of the molecule is COc1ccc(CC(=O)NCCNC(=O)c2cccnc2)cc1. The van der Waals surface area contributed by atoms with Crippen LogP contribution in [0.25, 0.3) is 0 Å². The zero-order chi connectivity index (χ0) is 16.5. The second-order valence-corrected chi connectivity index (χ2v) is 4.87. The number of methoxy groups -OCH3 is 1. The van der Waals surface area contributed by atoms with Crippen molar-refractivity contribution in [2.45, 2.75) is 6.42 Å². The van der Waals surface area contributed by atoms with Crippen LogP contribution >= 0.6 is 0 Å². The van der Waals surface area contributed by atoms with Gasteiger partial charge >= 0.3 is 0 Å². The van der Waals surface area contributed by atoms with Crippen molar-refractivity contribution < 1.29 is 14.3 Å². The number of hydrogen-bond donors (Lipinski definition) is 2. The second-order valence-electron chi connectivity index (χ2n) is 4.87. The first-order chi connectivity index (χ1) is 11.2. The Kier molecular flexibility index (Phi) is 6.11. The van der Waals surface area contributed by atoms with E-state index >= 15 is 0 Å². The molecule has 2 aromatic rings. The molecule has 2 rings (SSSR count). The Balaban J connectivity index is 1.67. The highest BCUT2D eigenvalue weighted by Crippen LogP contribution is 2.11. The molecule has 0 atom stereocenters. The van der Waals surface area contributed by atoms with Gasteiger partial charge in [-0.1, -0.05) is 12.1 Å². The van der Waals surface area contributed by atoms with Gasteiger partial charge in [-0.3, -0.25) is 14.6 Å². The molecule has 0 fully saturated rings. The normalized spacial score (nSPS) is 9.96. The lowest BCUT2D eigenvalue weighted by atomic mass is 10.1. The summed E-state index contributed by atoms with van der Waals surface area (Å²) < 4.78 is 5.07. The third kappa shape index (κ3) is 5.43. The minimum absolute atomic E-state index is 0.0919. The van der Waals surface area contributed by atoms with Crippen LogP contribution in [0.15, 0.2) is 48.8 Å². The standard InChI is InChI=1S/C17H19N3O3/c1-23-15-6-4-13(5-7-15)11-16(21)19-9-10-20-17(22)14-3-2-8-18-12-14/h2-8,12H,9-11H2,1H3,(H,19,21)(H,20,22). The molecule has 1 aromatic carbocycles. The molecule has 0 bridgehead atoms. The number of ether oxygens (including phenoxy) is 1. The van der Waals surface area contributed by atoms with Crippen molar-refractivity contribution in [1.82, 2.24) is 15.6 Å². The number of nitrogens with one attached hydrogen (secondary N) is 2. The number of nitrogens with zero attached hydrogens (tertiary/aromatic N) is 1. The lowest BCUT2D eigenvalue weighted by Gasteiger charge is -2.07. The Morgan fingerprint density at radius 2 is 1.83 bits per heavy atom. The summed E-state index contributed by atoms with van der Waals surface area (Å²) in [5, 5.41) is 5.49. The lowest BCUT2D eigenvalue weighted by Crippen LogP contribution is -2.35. The maximum absolute atomic E-state index is 11.8. The van der Waals surface area contributed by atoms with Crippen molar-refractivity contribution in [3.63, 3.8) is 0 Å². The molecule has 2 N–H and O–H groups in total. The fraction of sp³-hybridized carbons (Fsp3) is 0.235. The first kappa shape index (κ1) is 16.5. The number of carbonyl (C=O) groups excluding carboxylic acids is 2. The maximum atomic E-state index is 11.8. The molecular formula is C17H19N3O3. The molecule has 6 heteroatoms. The van der Waals surface area contributed by atoms with Gasteiger partial charge in [0.15, 0.2) is 0 Å². The van der Waals surface area contributed by atoms with Gasteiger partial charge in [-0.2, -0.15) is 0 Å². The number of amides is 2. The van der Waals surface area contributed by atoms with Crippen molar-refractivity contribution in [1.29, 1.82) is 0 Å². The summed E-state index contributed by atoms with van der Waals surface area (Å²) in [6.45, 7) is 0.739. The molecule has 0 spiro atoms. The van der Waals surface area contributed by atoms with Crippen LogP contribution in [-0.2, 0) is 11.2 Å². The smallest absolute Gasteiger partial charge is 0.252 e. The summed E-state index contributed by atoms with van der Waals surface area (Å²) in [4.78, 5) is 27.5. The van der Waals surface area contributed by atoms with E-state index in [-0.39, 0.29) is 11.8 Å². The largest absolute Gasteiger partial charge is 0.497 e. The number of hydrogen-bond acceptors (Lipinski definition) is 4. The minimum atomic E-state index is -0.206. The van der Waals surface area contributed by atoms with E-state index in [1.807, 2.05) is 24.3 Å². The summed E-state index contributed by atoms with van der Waals surface area (Å²) in [6.07, 6.45) is 3.40. The lowest BCUT2D eigenvalue weighted by molar-refractivity contribution is -0.120. The van der Waals surface area contributed by atoms with Crippen LogP contribution in [0.5, 0.6) is 5.75 Å². The van der Waals surface area contributed by atoms with Crippen molar-refractivity contribution in [3.8, 4) is 5.75 Å². The summed E-state index contributed by atoms with van der Waals surface area (Å²) in [5.74, 6) is 0.459. The molecule has 0 radical (unpaired) electrons. The van der Waals surface area contributed by atoms with Crippen LogP contribution in [0, 0.1) is 0 Å². The van der Waals surface area contributed by atoms with Crippen molar-refractivity contribution >= 4 is 11.8 Å². The zero-order valence-electron chi connectivity index (χ0n) is 12.9. The monoisotopic (exact) mass is 313 g/mol. The van der Waals surface area contributed by atoms with Crippen LogP contribution in [0.3, 0.4) is 0 Å². The third-order valence-electron chi connectivity index (χ3n) is 3.18. The summed E-state index contributed by atoms with van der Waals surface area (Å²) in [6, 6.07) is 10.7. The topological polar surface area (TPSA) is 80.3 Å². The number of carbonyl (C=O) groups is 2. The summed E-state index contributed by atoms with van der Waals surface area (Å²) >= 11 is 0. The Hall–Kier alpha value is -2.89. The van der Waals surface area contributed by atoms with Crippen molar-refractivity contribution in [2.24, 2.45) is 0 Å². The molecule has 0 saturated carbocycles. The van der Waals surface area contributed by atoms with E-state index in [1.165, 1.54) is 6.20 Å². The Morgan fingerprint density at radius 3 is 2.48 bits per heavy atom. The maximum Gasteiger partial charge on any atom is 0.252 e. The predicted molar refractivity (Wildman–Crippen MR) is 86.3 cm³/mol. The van der Waals surface area contributed by atoms with Crippen LogP contribution in [0.4, 0.5) is 0 Å². The predicted octanol–water partition coefficient (Wildman–Crippen LogP) is 1.18. The molecule has 23 heavy (non-hydrogen) atoms. The molecule has 1 aromatic heterocycles. The molecule has 0 aliphatic carbocycles. The van der Waals surface area contributed by atoms with E-state index in [1.54, 1.807) is 25.4 Å². The molecule has 0 aliphatic heterocycles. The molecule has 2 amide bonds. The zero-order valence-corrected chi connectivity index (χ0v) is 12.9. The van der Waals surface area contributed by atoms with Gasteiger partial charge in [-0.05, 0) is 29.8 Å². The Labute approximate surface area is 134 Å². The number of rotatable bonds is 7. The molecule has 120 valence electrons. The average Bonchev–Trinajstić information content (AvgIpc) is 2.60. The van der Waals surface area contributed by atoms with Gasteiger partial charge < -0.3 is 15.4 Å². The van der Waals surface area contributed by atoms with E-state index in [0.717, 1.165) is 11.3 Å². The van der Waals surface area contributed by atoms with Gasteiger partial charge in [-0.15, -0.1) is 0 Å². The van der Waals surface area contributed by atoms with Gasteiger partial charge in [0.1, 0.15) is 5.75 Å². The van der Waals surface area contributed by atoms with Gasteiger partial charge in [0.05, 0.1) is 19.1 Å². The van der Waals surface area contributed by atoms with Crippen LogP contribution < -0.4 is 15.4 Å². The molecular weight excluding hydrogens is 294 g/mol. The quantitative estimate of drug-likeness (QED) is 0.752. The number of aromatic nitrogens is 1. The van der Waals surface area contributed by atoms with Crippen molar-refractivity contribution in [3.05, 3.63) is 59.9 Å². The van der Waals surface area contributed by atoms with Gasteiger partial charge in [0, 0.05) is 25.5 Å². The summed E-state index contributed by atoms with van der Waals surface area (Å²) in [5.41, 5.74) is 1.40. The Bertz CT molecular complexity index is 642. The van der Waals surface area contributed by atoms with Crippen LogP contribution in [-0.4, -0.2) is 37.0 Å². The second kappa shape index (κ2) is 8.53. The highest BCUT2D eigenvalue weighted by atomic mass is 16.5. The van der Waals surface area contributed by atoms with E-state index in [0.29, 0.717) is 25.1 Å². The third-order valence-corrected chi connectivity index (χ3v) is 3.18.